The van der Waals surface area contributed by atoms with E-state index >= 15 is 0 Å². The Morgan fingerprint density at radius 1 is 1.17 bits per heavy atom. The first-order valence-electron chi connectivity index (χ1n) is 8.36. The maximum atomic E-state index is 11.4. The predicted molar refractivity (Wildman–Crippen MR) is 105 cm³/mol. The molecule has 0 saturated heterocycles. The van der Waals surface area contributed by atoms with Gasteiger partial charge in [0, 0.05) is 24.2 Å². The lowest BCUT2D eigenvalue weighted by Gasteiger charge is -2.08. The topological polar surface area (TPSA) is 160 Å². The molecule has 3 rings (SSSR count). The Bertz CT molecular complexity index is 1200. The number of nitrogens with zero attached hydrogens (tertiary/aromatic N) is 6. The minimum atomic E-state index is -0.837. The summed E-state index contributed by atoms with van der Waals surface area (Å²) in [5.74, 6) is 0. The third-order valence-corrected chi connectivity index (χ3v) is 3.97. The number of nitro groups is 2. The van der Waals surface area contributed by atoms with Gasteiger partial charge >= 0.3 is 5.69 Å². The summed E-state index contributed by atoms with van der Waals surface area (Å²) >= 11 is 0. The van der Waals surface area contributed by atoms with E-state index in [-0.39, 0.29) is 11.3 Å². The fourth-order valence-electron chi connectivity index (χ4n) is 2.72. The van der Waals surface area contributed by atoms with Gasteiger partial charge in [0.2, 0.25) is 0 Å². The van der Waals surface area contributed by atoms with E-state index in [0.717, 1.165) is 17.8 Å². The van der Waals surface area contributed by atoms with Crippen LogP contribution in [0.4, 0.5) is 28.4 Å². The van der Waals surface area contributed by atoms with Crippen molar-refractivity contribution in [2.24, 2.45) is 10.2 Å². The van der Waals surface area contributed by atoms with Gasteiger partial charge in [-0.05, 0) is 31.2 Å². The maximum absolute atomic E-state index is 11.4. The second-order valence-electron chi connectivity index (χ2n) is 5.75. The molecular formula is C18H13N7O4. The fourth-order valence-corrected chi connectivity index (χ4v) is 2.72. The van der Waals surface area contributed by atoms with Crippen LogP contribution in [-0.4, -0.2) is 21.4 Å². The number of benzene rings is 2. The number of rotatable bonds is 6. The van der Waals surface area contributed by atoms with Gasteiger partial charge in [0.05, 0.1) is 38.4 Å². The molecule has 0 fully saturated rings. The highest BCUT2D eigenvalue weighted by Gasteiger charge is 2.24. The normalized spacial score (nSPS) is 10.8. The second kappa shape index (κ2) is 8.05. The Kier molecular flexibility index (Phi) is 5.36. The van der Waals surface area contributed by atoms with Gasteiger partial charge in [-0.15, -0.1) is 10.2 Å². The van der Waals surface area contributed by atoms with E-state index in [4.69, 9.17) is 0 Å². The Morgan fingerprint density at radius 3 is 2.62 bits per heavy atom. The Hall–Kier alpha value is -4.46. The summed E-state index contributed by atoms with van der Waals surface area (Å²) in [4.78, 5) is 25.0. The minimum absolute atomic E-state index is 0.318. The molecule has 0 amide bonds. The molecule has 1 N–H and O–H groups in total. The van der Waals surface area contributed by atoms with Crippen LogP contribution in [0.3, 0.4) is 0 Å². The van der Waals surface area contributed by atoms with Crippen molar-refractivity contribution in [3.05, 3.63) is 68.4 Å². The average molecular weight is 391 g/mol. The molecular weight excluding hydrogens is 378 g/mol. The summed E-state index contributed by atoms with van der Waals surface area (Å²) in [6, 6.07) is 10.3. The van der Waals surface area contributed by atoms with Gasteiger partial charge in [-0.1, -0.05) is 0 Å². The van der Waals surface area contributed by atoms with Gasteiger partial charge in [-0.2, -0.15) is 5.26 Å². The first-order valence-corrected chi connectivity index (χ1v) is 8.36. The van der Waals surface area contributed by atoms with E-state index in [1.54, 1.807) is 36.5 Å². The number of nitro benzene ring substituents is 2. The quantitative estimate of drug-likeness (QED) is 0.359. The number of nitriles is 1. The molecule has 3 aromatic rings. The number of hydrogen-bond acceptors (Lipinski definition) is 9. The zero-order chi connectivity index (χ0) is 21.0. The summed E-state index contributed by atoms with van der Waals surface area (Å²) in [7, 11) is 0. The maximum Gasteiger partial charge on any atom is 0.304 e. The van der Waals surface area contributed by atoms with Crippen molar-refractivity contribution in [3.63, 3.8) is 0 Å². The van der Waals surface area contributed by atoms with Gasteiger partial charge in [-0.3, -0.25) is 25.2 Å². The third-order valence-electron chi connectivity index (χ3n) is 3.97. The van der Waals surface area contributed by atoms with E-state index < -0.39 is 21.2 Å². The summed E-state index contributed by atoms with van der Waals surface area (Å²) in [6.07, 6.45) is 1.62. The molecule has 29 heavy (non-hydrogen) atoms. The van der Waals surface area contributed by atoms with Crippen molar-refractivity contribution < 1.29 is 9.85 Å². The number of aromatic nitrogens is 1. The number of anilines is 1. The molecule has 0 spiro atoms. The molecule has 11 nitrogen and oxygen atoms in total. The highest BCUT2D eigenvalue weighted by Crippen LogP contribution is 2.37. The van der Waals surface area contributed by atoms with E-state index in [2.05, 4.69) is 20.5 Å². The van der Waals surface area contributed by atoms with Crippen molar-refractivity contribution in [1.82, 2.24) is 4.98 Å². The molecule has 0 radical (unpaired) electrons. The Balaban J connectivity index is 2.16. The number of pyridine rings is 1. The zero-order valence-corrected chi connectivity index (χ0v) is 15.1. The molecule has 0 aliphatic heterocycles. The van der Waals surface area contributed by atoms with E-state index in [9.17, 15) is 25.5 Å². The molecule has 1 aromatic heterocycles. The largest absolute Gasteiger partial charge is 0.384 e. The lowest BCUT2D eigenvalue weighted by molar-refractivity contribution is -0.393. The fraction of sp³-hybridized carbons (Fsp3) is 0.111. The number of nitrogens with one attached hydrogen (secondary N) is 1. The highest BCUT2D eigenvalue weighted by atomic mass is 16.6. The second-order valence-corrected chi connectivity index (χ2v) is 5.75. The minimum Gasteiger partial charge on any atom is -0.384 e. The average Bonchev–Trinajstić information content (AvgIpc) is 2.72. The molecule has 0 atom stereocenters. The lowest BCUT2D eigenvalue weighted by Crippen LogP contribution is -1.98. The van der Waals surface area contributed by atoms with Crippen LogP contribution in [0, 0.1) is 31.6 Å². The zero-order valence-electron chi connectivity index (χ0n) is 15.1. The van der Waals surface area contributed by atoms with Crippen molar-refractivity contribution >= 4 is 39.3 Å². The molecule has 2 aromatic carbocycles. The molecule has 0 aliphatic carbocycles. The Morgan fingerprint density at radius 2 is 1.97 bits per heavy atom. The summed E-state index contributed by atoms with van der Waals surface area (Å²) < 4.78 is 0. The van der Waals surface area contributed by atoms with Crippen molar-refractivity contribution in [3.8, 4) is 6.07 Å². The molecule has 144 valence electrons. The molecule has 1 heterocycles. The van der Waals surface area contributed by atoms with Crippen LogP contribution in [-0.2, 0) is 0 Å². The molecule has 0 bridgehead atoms. The van der Waals surface area contributed by atoms with Crippen LogP contribution in [0.25, 0.3) is 10.9 Å². The molecule has 0 aliphatic rings. The van der Waals surface area contributed by atoms with E-state index in [1.807, 2.05) is 6.92 Å². The smallest absolute Gasteiger partial charge is 0.304 e. The highest BCUT2D eigenvalue weighted by molar-refractivity contribution is 5.98. The van der Waals surface area contributed by atoms with Crippen LogP contribution in [0.2, 0.25) is 0 Å². The Labute approximate surface area is 163 Å². The molecule has 0 unspecified atom stereocenters. The number of hydrogen-bond donors (Lipinski definition) is 1. The van der Waals surface area contributed by atoms with Crippen molar-refractivity contribution in [1.29, 1.82) is 5.26 Å². The number of non-ortho nitro benzene ring substituents is 1. The summed E-state index contributed by atoms with van der Waals surface area (Å²) in [5, 5.41) is 43.4. The van der Waals surface area contributed by atoms with Crippen LogP contribution < -0.4 is 5.32 Å². The number of fused-ring (bicyclic) bond motifs is 1. The predicted octanol–water partition coefficient (Wildman–Crippen LogP) is 4.77. The lowest BCUT2D eigenvalue weighted by atomic mass is 10.1. The van der Waals surface area contributed by atoms with Crippen LogP contribution in [0.1, 0.15) is 12.5 Å². The van der Waals surface area contributed by atoms with Gasteiger partial charge in [0.1, 0.15) is 6.07 Å². The summed E-state index contributed by atoms with van der Waals surface area (Å²) in [5.41, 5.74) is -0.0998. The van der Waals surface area contributed by atoms with Crippen LogP contribution in [0.5, 0.6) is 0 Å². The summed E-state index contributed by atoms with van der Waals surface area (Å²) in [6.45, 7) is 2.63. The first kappa shape index (κ1) is 19.3. The number of azo groups is 1. The SMILES string of the molecule is CCNc1ccc(N=Nc2c(C#N)cc([N+](=O)[O-])cc2[N+](=O)[O-])c2cccnc12. The molecule has 0 saturated carbocycles. The van der Waals surface area contributed by atoms with Crippen LogP contribution >= 0.6 is 0 Å². The van der Waals surface area contributed by atoms with Crippen LogP contribution in [0.15, 0.2) is 52.8 Å². The van der Waals surface area contributed by atoms with Gasteiger partial charge < -0.3 is 5.32 Å². The van der Waals surface area contributed by atoms with Gasteiger partial charge in [0.25, 0.3) is 5.69 Å². The van der Waals surface area contributed by atoms with Crippen molar-refractivity contribution in [2.75, 3.05) is 11.9 Å². The van der Waals surface area contributed by atoms with E-state index in [1.165, 1.54) is 0 Å². The third kappa shape index (κ3) is 3.81. The van der Waals surface area contributed by atoms with Gasteiger partial charge in [0.15, 0.2) is 5.69 Å². The molecule has 11 heteroatoms. The first-order chi connectivity index (χ1) is 14.0. The monoisotopic (exact) mass is 391 g/mol. The standard InChI is InChI=1S/C18H13N7O4/c1-2-20-15-6-5-14(13-4-3-7-21-18(13)15)22-23-17-11(10-19)8-12(24(26)27)9-16(17)25(28)29/h3-9,20H,2H2,1H3. The van der Waals surface area contributed by atoms with Crippen molar-refractivity contribution in [2.45, 2.75) is 6.92 Å². The van der Waals surface area contributed by atoms with Gasteiger partial charge in [-0.25, -0.2) is 0 Å². The van der Waals surface area contributed by atoms with E-state index in [0.29, 0.717) is 23.1 Å².